The van der Waals surface area contributed by atoms with E-state index in [4.69, 9.17) is 4.74 Å². The number of amides is 1. The predicted molar refractivity (Wildman–Crippen MR) is 69.7 cm³/mol. The number of carbonyl (C=O) groups is 1. The molecule has 1 N–H and O–H groups in total. The summed E-state index contributed by atoms with van der Waals surface area (Å²) in [5, 5.41) is 3.02. The minimum atomic E-state index is 0.0224. The highest BCUT2D eigenvalue weighted by atomic mass is 16.5. The normalized spacial score (nSPS) is 19.7. The van der Waals surface area contributed by atoms with E-state index in [-0.39, 0.29) is 12.0 Å². The number of hydrogen-bond donors (Lipinski definition) is 1. The smallest absolute Gasteiger partial charge is 0.257 e. The Hall–Kier alpha value is -1.62. The zero-order chi connectivity index (χ0) is 13.0. The topological polar surface area (TPSA) is 54.5 Å². The molecular formula is C13H19N3O2. The number of pyridine rings is 1. The van der Waals surface area contributed by atoms with E-state index in [1.807, 2.05) is 11.0 Å². The molecule has 1 aromatic rings. The van der Waals surface area contributed by atoms with Crippen molar-refractivity contribution in [2.75, 3.05) is 32.1 Å². The summed E-state index contributed by atoms with van der Waals surface area (Å²) in [5.41, 5.74) is 1.44. The van der Waals surface area contributed by atoms with Gasteiger partial charge in [-0.05, 0) is 12.5 Å². The lowest BCUT2D eigenvalue weighted by Gasteiger charge is -2.32. The van der Waals surface area contributed by atoms with Gasteiger partial charge >= 0.3 is 0 Å². The standard InChI is InChI=1S/C13H19N3O2/c1-3-10-9-16(6-7-18-10)13(17)11-8-15-5-4-12(11)14-2/h4-5,8,10H,3,6-7,9H2,1-2H3,(H,14,15). The van der Waals surface area contributed by atoms with E-state index < -0.39 is 0 Å². The number of hydrogen-bond acceptors (Lipinski definition) is 4. The number of aromatic nitrogens is 1. The van der Waals surface area contributed by atoms with E-state index in [0.717, 1.165) is 12.1 Å². The fourth-order valence-electron chi connectivity index (χ4n) is 2.10. The van der Waals surface area contributed by atoms with Crippen molar-refractivity contribution in [2.45, 2.75) is 19.4 Å². The molecule has 1 fully saturated rings. The molecule has 0 saturated carbocycles. The van der Waals surface area contributed by atoms with E-state index in [2.05, 4.69) is 17.2 Å². The lowest BCUT2D eigenvalue weighted by atomic mass is 10.1. The highest BCUT2D eigenvalue weighted by Gasteiger charge is 2.25. The first-order valence-electron chi connectivity index (χ1n) is 6.29. The second-order valence-corrected chi connectivity index (χ2v) is 4.32. The van der Waals surface area contributed by atoms with Crippen LogP contribution in [0.15, 0.2) is 18.5 Å². The Morgan fingerprint density at radius 3 is 3.22 bits per heavy atom. The van der Waals surface area contributed by atoms with Gasteiger partial charge in [-0.1, -0.05) is 6.92 Å². The molecule has 0 radical (unpaired) electrons. The van der Waals surface area contributed by atoms with Crippen LogP contribution in [0.2, 0.25) is 0 Å². The first kappa shape index (κ1) is 12.8. The Balaban J connectivity index is 2.15. The molecule has 1 amide bonds. The number of ether oxygens (including phenoxy) is 1. The first-order chi connectivity index (χ1) is 8.76. The molecule has 1 saturated heterocycles. The summed E-state index contributed by atoms with van der Waals surface area (Å²) in [6.07, 6.45) is 4.37. The Kier molecular flexibility index (Phi) is 4.15. The highest BCUT2D eigenvalue weighted by molar-refractivity contribution is 5.99. The largest absolute Gasteiger partial charge is 0.387 e. The lowest BCUT2D eigenvalue weighted by Crippen LogP contribution is -2.45. The Morgan fingerprint density at radius 2 is 2.50 bits per heavy atom. The van der Waals surface area contributed by atoms with Crippen LogP contribution < -0.4 is 5.32 Å². The Bertz CT molecular complexity index is 422. The summed E-state index contributed by atoms with van der Waals surface area (Å²) >= 11 is 0. The van der Waals surface area contributed by atoms with Crippen molar-refractivity contribution in [1.29, 1.82) is 0 Å². The van der Waals surface area contributed by atoms with Crippen molar-refractivity contribution in [3.8, 4) is 0 Å². The van der Waals surface area contributed by atoms with Crippen molar-refractivity contribution < 1.29 is 9.53 Å². The SMILES string of the molecule is CCC1CN(C(=O)c2cnccc2NC)CCO1. The van der Waals surface area contributed by atoms with Gasteiger partial charge < -0.3 is 15.0 Å². The molecule has 98 valence electrons. The van der Waals surface area contributed by atoms with Gasteiger partial charge in [0.2, 0.25) is 0 Å². The monoisotopic (exact) mass is 249 g/mol. The molecule has 0 spiro atoms. The maximum absolute atomic E-state index is 12.4. The van der Waals surface area contributed by atoms with Gasteiger partial charge in [-0.2, -0.15) is 0 Å². The summed E-state index contributed by atoms with van der Waals surface area (Å²) in [6.45, 7) is 3.99. The molecule has 18 heavy (non-hydrogen) atoms. The van der Waals surface area contributed by atoms with Gasteiger partial charge in [-0.3, -0.25) is 9.78 Å². The fraction of sp³-hybridized carbons (Fsp3) is 0.538. The Labute approximate surface area is 107 Å². The van der Waals surface area contributed by atoms with Gasteiger partial charge in [-0.15, -0.1) is 0 Å². The third-order valence-corrected chi connectivity index (χ3v) is 3.20. The summed E-state index contributed by atoms with van der Waals surface area (Å²) in [7, 11) is 1.81. The maximum atomic E-state index is 12.4. The molecule has 0 aromatic carbocycles. The van der Waals surface area contributed by atoms with Gasteiger partial charge in [0.25, 0.3) is 5.91 Å². The zero-order valence-electron chi connectivity index (χ0n) is 10.8. The van der Waals surface area contributed by atoms with Crippen molar-refractivity contribution >= 4 is 11.6 Å². The van der Waals surface area contributed by atoms with Crippen LogP contribution in [0.1, 0.15) is 23.7 Å². The molecule has 1 aliphatic heterocycles. The molecule has 2 rings (SSSR count). The van der Waals surface area contributed by atoms with Crippen molar-refractivity contribution in [3.63, 3.8) is 0 Å². The number of anilines is 1. The molecule has 0 aliphatic carbocycles. The van der Waals surface area contributed by atoms with Crippen LogP contribution in [0.4, 0.5) is 5.69 Å². The highest BCUT2D eigenvalue weighted by Crippen LogP contribution is 2.17. The van der Waals surface area contributed by atoms with Gasteiger partial charge in [0.15, 0.2) is 0 Å². The third kappa shape index (κ3) is 2.61. The summed E-state index contributed by atoms with van der Waals surface area (Å²) in [6, 6.07) is 1.81. The maximum Gasteiger partial charge on any atom is 0.257 e. The quantitative estimate of drug-likeness (QED) is 0.879. The number of nitrogens with zero attached hydrogens (tertiary/aromatic N) is 2. The summed E-state index contributed by atoms with van der Waals surface area (Å²) in [4.78, 5) is 18.3. The average Bonchev–Trinajstić information content (AvgIpc) is 2.46. The molecule has 5 nitrogen and oxygen atoms in total. The molecule has 1 aromatic heterocycles. The molecule has 0 bridgehead atoms. The van der Waals surface area contributed by atoms with E-state index in [0.29, 0.717) is 25.3 Å². The third-order valence-electron chi connectivity index (χ3n) is 3.20. The van der Waals surface area contributed by atoms with E-state index >= 15 is 0 Å². The van der Waals surface area contributed by atoms with Crippen LogP contribution in [-0.2, 0) is 4.74 Å². The number of morpholine rings is 1. The van der Waals surface area contributed by atoms with E-state index in [9.17, 15) is 4.79 Å². The van der Waals surface area contributed by atoms with Crippen LogP contribution in [0.3, 0.4) is 0 Å². The van der Waals surface area contributed by atoms with Crippen LogP contribution >= 0.6 is 0 Å². The lowest BCUT2D eigenvalue weighted by molar-refractivity contribution is -0.0226. The van der Waals surface area contributed by atoms with E-state index in [1.165, 1.54) is 0 Å². The van der Waals surface area contributed by atoms with Gasteiger partial charge in [0.05, 0.1) is 18.3 Å². The minimum absolute atomic E-state index is 0.0224. The molecule has 1 aliphatic rings. The molecule has 5 heteroatoms. The van der Waals surface area contributed by atoms with E-state index in [1.54, 1.807) is 19.4 Å². The second kappa shape index (κ2) is 5.82. The second-order valence-electron chi connectivity index (χ2n) is 4.32. The number of carbonyl (C=O) groups excluding carboxylic acids is 1. The number of nitrogens with one attached hydrogen (secondary N) is 1. The molecular weight excluding hydrogens is 230 g/mol. The van der Waals surface area contributed by atoms with Gasteiger partial charge in [0.1, 0.15) is 0 Å². The zero-order valence-corrected chi connectivity index (χ0v) is 10.8. The Morgan fingerprint density at radius 1 is 1.67 bits per heavy atom. The fourth-order valence-corrected chi connectivity index (χ4v) is 2.10. The molecule has 1 unspecified atom stereocenters. The first-order valence-corrected chi connectivity index (χ1v) is 6.29. The van der Waals surface area contributed by atoms with Crippen molar-refractivity contribution in [1.82, 2.24) is 9.88 Å². The van der Waals surface area contributed by atoms with Crippen molar-refractivity contribution in [3.05, 3.63) is 24.0 Å². The summed E-state index contributed by atoms with van der Waals surface area (Å²) in [5.74, 6) is 0.0224. The molecule has 1 atom stereocenters. The summed E-state index contributed by atoms with van der Waals surface area (Å²) < 4.78 is 5.57. The van der Waals surface area contributed by atoms with Crippen LogP contribution in [0.25, 0.3) is 0 Å². The minimum Gasteiger partial charge on any atom is -0.387 e. The van der Waals surface area contributed by atoms with Crippen LogP contribution in [0, 0.1) is 0 Å². The average molecular weight is 249 g/mol. The van der Waals surface area contributed by atoms with Gasteiger partial charge in [0, 0.05) is 38.2 Å². The van der Waals surface area contributed by atoms with Crippen molar-refractivity contribution in [2.24, 2.45) is 0 Å². The predicted octanol–water partition coefficient (Wildman–Crippen LogP) is 1.37. The molecule has 2 heterocycles. The van der Waals surface area contributed by atoms with Crippen LogP contribution in [-0.4, -0.2) is 48.6 Å². The van der Waals surface area contributed by atoms with Crippen LogP contribution in [0.5, 0.6) is 0 Å². The number of rotatable bonds is 3. The van der Waals surface area contributed by atoms with Gasteiger partial charge in [-0.25, -0.2) is 0 Å².